The number of hydrogen-bond acceptors (Lipinski definition) is 16. The van der Waals surface area contributed by atoms with Crippen molar-refractivity contribution in [1.29, 1.82) is 0 Å². The number of aliphatic hydroxyl groups excluding tert-OH is 7. The highest BCUT2D eigenvalue weighted by atomic mass is 19.3. The molecular weight excluding hydrogens is 734 g/mol. The van der Waals surface area contributed by atoms with Gasteiger partial charge in [-0.25, -0.2) is 4.98 Å². The second-order valence-electron chi connectivity index (χ2n) is 14.3. The molecule has 0 amide bonds. The van der Waals surface area contributed by atoms with E-state index < -0.39 is 92.8 Å². The van der Waals surface area contributed by atoms with Crippen molar-refractivity contribution in [2.75, 3.05) is 13.2 Å². The van der Waals surface area contributed by atoms with Gasteiger partial charge in [-0.05, 0) is 68.0 Å². The van der Waals surface area contributed by atoms with Crippen LogP contribution in [0.5, 0.6) is 17.4 Å². The molecular formula is C37H46F2N2O14. The van der Waals surface area contributed by atoms with Gasteiger partial charge in [0, 0.05) is 24.4 Å². The number of aliphatic hydroxyl groups is 8. The van der Waals surface area contributed by atoms with Gasteiger partial charge in [-0.2, -0.15) is 8.78 Å². The molecule has 55 heavy (non-hydrogen) atoms. The number of hydrogen-bond donors (Lipinski definition) is 8. The van der Waals surface area contributed by atoms with E-state index in [0.717, 1.165) is 18.4 Å². The van der Waals surface area contributed by atoms with Crippen molar-refractivity contribution < 1.29 is 78.1 Å². The Bertz CT molecular complexity index is 1690. The quantitative estimate of drug-likeness (QED) is 0.103. The van der Waals surface area contributed by atoms with E-state index in [0.29, 0.717) is 23.2 Å². The molecule has 3 aromatic rings. The van der Waals surface area contributed by atoms with Crippen LogP contribution in [0, 0.1) is 0 Å². The molecule has 4 heterocycles. The molecule has 18 heteroatoms. The van der Waals surface area contributed by atoms with Gasteiger partial charge in [0.25, 0.3) is 0 Å². The zero-order valence-corrected chi connectivity index (χ0v) is 29.9. The van der Waals surface area contributed by atoms with Crippen LogP contribution < -0.4 is 14.2 Å². The smallest absolute Gasteiger partial charge is 0.387 e. The molecule has 3 fully saturated rings. The van der Waals surface area contributed by atoms with Crippen LogP contribution in [0.2, 0.25) is 0 Å². The van der Waals surface area contributed by atoms with Gasteiger partial charge in [0.05, 0.1) is 25.0 Å². The SMILES string of the molecule is CC(C)(O)c1ccc([C@@H](Cc2ccc(O[C@@H]3OC(CO)[C@@H](O[C@@H]4OC(CO)[C@@H](O)C(O)[C@H]4O)C(O)[C@H]3O)nc2)c2ccc(OC(F)F)c(OC3CC3)c2)cn1. The van der Waals surface area contributed by atoms with E-state index in [1.165, 1.54) is 18.3 Å². The number of aromatic nitrogens is 2. The van der Waals surface area contributed by atoms with E-state index in [-0.39, 0.29) is 23.5 Å². The number of pyridine rings is 2. The fourth-order valence-electron chi connectivity index (χ4n) is 6.40. The minimum Gasteiger partial charge on any atom is -0.487 e. The van der Waals surface area contributed by atoms with Crippen LogP contribution in [0.25, 0.3) is 0 Å². The van der Waals surface area contributed by atoms with Crippen molar-refractivity contribution in [2.24, 2.45) is 0 Å². The minimum atomic E-state index is -3.04. The fourth-order valence-corrected chi connectivity index (χ4v) is 6.40. The lowest BCUT2D eigenvalue weighted by Crippen LogP contribution is -2.65. The van der Waals surface area contributed by atoms with Gasteiger partial charge in [-0.15, -0.1) is 0 Å². The average Bonchev–Trinajstić information content (AvgIpc) is 3.98. The average molecular weight is 781 g/mol. The molecule has 0 spiro atoms. The summed E-state index contributed by atoms with van der Waals surface area (Å²) in [6, 6.07) is 11.5. The maximum atomic E-state index is 13.2. The Labute approximate surface area is 314 Å². The largest absolute Gasteiger partial charge is 0.487 e. The zero-order valence-electron chi connectivity index (χ0n) is 29.9. The highest BCUT2D eigenvalue weighted by molar-refractivity contribution is 5.47. The van der Waals surface area contributed by atoms with Gasteiger partial charge in [-0.1, -0.05) is 18.2 Å². The summed E-state index contributed by atoms with van der Waals surface area (Å²) < 4.78 is 59.4. The number of ether oxygens (including phenoxy) is 6. The lowest BCUT2D eigenvalue weighted by molar-refractivity contribution is -0.352. The summed E-state index contributed by atoms with van der Waals surface area (Å²) in [5.41, 5.74) is 1.42. The Morgan fingerprint density at radius 3 is 2.05 bits per heavy atom. The molecule has 2 aromatic heterocycles. The van der Waals surface area contributed by atoms with Gasteiger partial charge in [-0.3, -0.25) is 4.98 Å². The van der Waals surface area contributed by atoms with Crippen LogP contribution in [-0.4, -0.2) is 138 Å². The molecule has 1 saturated carbocycles. The summed E-state index contributed by atoms with van der Waals surface area (Å²) in [6.07, 6.45) is -11.2. The molecule has 8 N–H and O–H groups in total. The van der Waals surface area contributed by atoms with Crippen LogP contribution >= 0.6 is 0 Å². The second kappa shape index (κ2) is 17.2. The number of halogens is 2. The second-order valence-corrected chi connectivity index (χ2v) is 14.3. The van der Waals surface area contributed by atoms with Crippen molar-refractivity contribution in [1.82, 2.24) is 9.97 Å². The van der Waals surface area contributed by atoms with Crippen molar-refractivity contribution in [2.45, 2.75) is 119 Å². The number of nitrogens with zero attached hydrogens (tertiary/aromatic N) is 2. The minimum absolute atomic E-state index is 0.0219. The molecule has 2 aliphatic heterocycles. The first-order valence-corrected chi connectivity index (χ1v) is 17.8. The summed E-state index contributed by atoms with van der Waals surface area (Å²) in [7, 11) is 0. The first kappa shape index (κ1) is 41.0. The van der Waals surface area contributed by atoms with E-state index in [1.807, 2.05) is 6.07 Å². The highest BCUT2D eigenvalue weighted by Gasteiger charge is 2.51. The van der Waals surface area contributed by atoms with E-state index in [1.54, 1.807) is 44.3 Å². The summed E-state index contributed by atoms with van der Waals surface area (Å²) in [5, 5.41) is 82.4. The third-order valence-electron chi connectivity index (χ3n) is 9.65. The van der Waals surface area contributed by atoms with Gasteiger partial charge >= 0.3 is 6.61 Å². The summed E-state index contributed by atoms with van der Waals surface area (Å²) in [4.78, 5) is 8.80. The van der Waals surface area contributed by atoms with Gasteiger partial charge in [0.2, 0.25) is 12.2 Å². The number of rotatable bonds is 15. The third-order valence-corrected chi connectivity index (χ3v) is 9.65. The maximum absolute atomic E-state index is 13.2. The molecule has 4 unspecified atom stereocenters. The Kier molecular flexibility index (Phi) is 12.8. The van der Waals surface area contributed by atoms with Gasteiger partial charge < -0.3 is 69.3 Å². The predicted molar refractivity (Wildman–Crippen MR) is 183 cm³/mol. The van der Waals surface area contributed by atoms with E-state index >= 15 is 0 Å². The standard InChI is InChI=1S/C37H46F2N2O14/c1-37(2,49)26-9-5-19(14-40-26)21(18-4-8-22(53-36(38)39)23(12-18)50-20-6-7-20)11-17-3-10-27(41-13-17)54-34-32(48)30(46)33(25(16-43)52-34)55-35-31(47)29(45)28(44)24(15-42)51-35/h3-5,8-10,12-14,20-21,24-25,28-36,42-49H,6-7,11,15-16H2,1-2H3/t21-,24?,25?,28+,29?,30?,31+,32+,33+,34-,35-/m0/s1. The van der Waals surface area contributed by atoms with Crippen LogP contribution in [0.1, 0.15) is 55.0 Å². The van der Waals surface area contributed by atoms with Crippen molar-refractivity contribution in [3.05, 3.63) is 77.2 Å². The van der Waals surface area contributed by atoms with Gasteiger partial charge in [0.1, 0.15) is 54.4 Å². The molecule has 1 aromatic carbocycles. The highest BCUT2D eigenvalue weighted by Crippen LogP contribution is 2.39. The van der Waals surface area contributed by atoms with Crippen molar-refractivity contribution in [3.63, 3.8) is 0 Å². The zero-order chi connectivity index (χ0) is 39.6. The predicted octanol–water partition coefficient (Wildman–Crippen LogP) is 0.224. The van der Waals surface area contributed by atoms with Crippen LogP contribution in [0.4, 0.5) is 8.78 Å². The molecule has 302 valence electrons. The lowest BCUT2D eigenvalue weighted by Gasteiger charge is -2.45. The lowest BCUT2D eigenvalue weighted by atomic mass is 9.86. The third kappa shape index (κ3) is 9.66. The summed E-state index contributed by atoms with van der Waals surface area (Å²) in [6.45, 7) is -1.28. The number of alkyl halides is 2. The molecule has 0 bridgehead atoms. The Morgan fingerprint density at radius 2 is 1.45 bits per heavy atom. The Morgan fingerprint density at radius 1 is 0.764 bits per heavy atom. The van der Waals surface area contributed by atoms with Crippen LogP contribution in [0.3, 0.4) is 0 Å². The van der Waals surface area contributed by atoms with E-state index in [4.69, 9.17) is 28.4 Å². The number of benzene rings is 1. The first-order chi connectivity index (χ1) is 26.2. The van der Waals surface area contributed by atoms with Crippen molar-refractivity contribution in [3.8, 4) is 17.4 Å². The Hall–Kier alpha value is -3.66. The Balaban J connectivity index is 1.18. The monoisotopic (exact) mass is 780 g/mol. The van der Waals surface area contributed by atoms with E-state index in [2.05, 4.69) is 9.97 Å². The van der Waals surface area contributed by atoms with Crippen LogP contribution in [-0.2, 0) is 26.2 Å². The molecule has 16 nitrogen and oxygen atoms in total. The van der Waals surface area contributed by atoms with Gasteiger partial charge in [0.15, 0.2) is 17.8 Å². The topological polar surface area (TPSA) is 243 Å². The normalized spacial score (nSPS) is 30.6. The molecule has 1 aliphatic carbocycles. The fraction of sp³-hybridized carbons (Fsp3) is 0.568. The summed E-state index contributed by atoms with van der Waals surface area (Å²) >= 11 is 0. The molecule has 6 rings (SSSR count). The van der Waals surface area contributed by atoms with E-state index in [9.17, 15) is 49.6 Å². The van der Waals surface area contributed by atoms with Crippen molar-refractivity contribution >= 4 is 0 Å². The molecule has 2 saturated heterocycles. The molecule has 11 atom stereocenters. The van der Waals surface area contributed by atoms with Crippen LogP contribution in [0.15, 0.2) is 54.9 Å². The maximum Gasteiger partial charge on any atom is 0.387 e. The molecule has 0 radical (unpaired) electrons. The molecule has 3 aliphatic rings. The first-order valence-electron chi connectivity index (χ1n) is 17.8. The summed E-state index contributed by atoms with van der Waals surface area (Å²) in [5.74, 6) is -0.325.